The van der Waals surface area contributed by atoms with Gasteiger partial charge in [0, 0.05) is 21.6 Å². The van der Waals surface area contributed by atoms with Gasteiger partial charge in [-0.1, -0.05) is 28.9 Å². The van der Waals surface area contributed by atoms with E-state index in [0.29, 0.717) is 17.9 Å². The van der Waals surface area contributed by atoms with Crippen molar-refractivity contribution >= 4 is 59.1 Å². The van der Waals surface area contributed by atoms with Crippen LogP contribution in [0.4, 0.5) is 0 Å². The van der Waals surface area contributed by atoms with Crippen molar-refractivity contribution in [2.45, 2.75) is 19.8 Å². The van der Waals surface area contributed by atoms with Gasteiger partial charge in [0.25, 0.3) is 0 Å². The molecule has 0 atom stereocenters. The standard InChI is InChI=1S/C20H18Br3NO2/c1-2-14-18(23)16-6-3-4-10-24(16)19(14)20(25)13-7-8-17(15(22)12-13)26-11-5-9-21/h3-4,6-8,10,12H,2,5,9,11H2,1H3. The number of halogens is 3. The monoisotopic (exact) mass is 541 g/mol. The molecule has 6 heteroatoms. The fourth-order valence-corrected chi connectivity index (χ4v) is 4.44. The molecule has 0 aliphatic rings. The van der Waals surface area contributed by atoms with Crippen LogP contribution in [0.1, 0.15) is 35.0 Å². The Hall–Kier alpha value is -1.11. The first kappa shape index (κ1) is 19.6. The third-order valence-electron chi connectivity index (χ3n) is 4.17. The Kier molecular flexibility index (Phi) is 6.59. The maximum atomic E-state index is 13.3. The van der Waals surface area contributed by atoms with Gasteiger partial charge in [-0.3, -0.25) is 4.79 Å². The summed E-state index contributed by atoms with van der Waals surface area (Å²) in [4.78, 5) is 13.3. The number of ketones is 1. The zero-order valence-electron chi connectivity index (χ0n) is 14.3. The molecule has 1 aromatic carbocycles. The van der Waals surface area contributed by atoms with Crippen LogP contribution in [-0.2, 0) is 6.42 Å². The van der Waals surface area contributed by atoms with Gasteiger partial charge in [-0.05, 0) is 80.6 Å². The summed E-state index contributed by atoms with van der Waals surface area (Å²) >= 11 is 10.6. The predicted octanol–water partition coefficient (Wildman–Crippen LogP) is 6.42. The molecule has 0 unspecified atom stereocenters. The van der Waals surface area contributed by atoms with Crippen molar-refractivity contribution in [2.24, 2.45) is 0 Å². The molecule has 0 spiro atoms. The van der Waals surface area contributed by atoms with Crippen LogP contribution in [0.5, 0.6) is 5.75 Å². The van der Waals surface area contributed by atoms with E-state index in [1.54, 1.807) is 0 Å². The molecule has 0 bridgehead atoms. The molecule has 3 rings (SSSR count). The molecule has 136 valence electrons. The highest BCUT2D eigenvalue weighted by molar-refractivity contribution is 9.11. The number of hydrogen-bond donors (Lipinski definition) is 0. The second kappa shape index (κ2) is 8.72. The molecule has 0 aliphatic heterocycles. The van der Waals surface area contributed by atoms with Crippen LogP contribution in [0.2, 0.25) is 0 Å². The molecular formula is C20H18Br3NO2. The second-order valence-electron chi connectivity index (χ2n) is 5.82. The largest absolute Gasteiger partial charge is 0.492 e. The SMILES string of the molecule is CCc1c(Br)c2ccccn2c1C(=O)c1ccc(OCCCBr)c(Br)c1. The summed E-state index contributed by atoms with van der Waals surface area (Å²) in [5, 5.41) is 0.900. The zero-order chi connectivity index (χ0) is 18.7. The highest BCUT2D eigenvalue weighted by Crippen LogP contribution is 2.32. The van der Waals surface area contributed by atoms with E-state index in [0.717, 1.165) is 43.9 Å². The lowest BCUT2D eigenvalue weighted by Crippen LogP contribution is -2.08. The number of benzene rings is 1. The average Bonchev–Trinajstić information content (AvgIpc) is 2.94. The number of ether oxygens (including phenoxy) is 1. The maximum absolute atomic E-state index is 13.3. The van der Waals surface area contributed by atoms with Crippen molar-refractivity contribution in [3.63, 3.8) is 0 Å². The number of fused-ring (bicyclic) bond motifs is 1. The molecule has 2 aromatic heterocycles. The van der Waals surface area contributed by atoms with E-state index in [1.165, 1.54) is 0 Å². The van der Waals surface area contributed by atoms with Crippen molar-refractivity contribution in [1.29, 1.82) is 0 Å². The first-order valence-electron chi connectivity index (χ1n) is 8.38. The number of hydrogen-bond acceptors (Lipinski definition) is 2. The van der Waals surface area contributed by atoms with E-state index in [-0.39, 0.29) is 5.78 Å². The van der Waals surface area contributed by atoms with Crippen LogP contribution in [0.15, 0.2) is 51.5 Å². The molecule has 26 heavy (non-hydrogen) atoms. The number of carbonyl (C=O) groups is 1. The molecule has 0 aliphatic carbocycles. The Morgan fingerprint density at radius 3 is 2.69 bits per heavy atom. The molecule has 3 aromatic rings. The van der Waals surface area contributed by atoms with Gasteiger partial charge in [0.2, 0.25) is 5.78 Å². The first-order valence-corrected chi connectivity index (χ1v) is 11.1. The van der Waals surface area contributed by atoms with Crippen molar-refractivity contribution in [1.82, 2.24) is 4.40 Å². The number of alkyl halides is 1. The summed E-state index contributed by atoms with van der Waals surface area (Å²) in [6.07, 6.45) is 3.63. The van der Waals surface area contributed by atoms with E-state index in [4.69, 9.17) is 4.74 Å². The molecule has 2 heterocycles. The van der Waals surface area contributed by atoms with Crippen molar-refractivity contribution in [2.75, 3.05) is 11.9 Å². The minimum atomic E-state index is 0.00135. The van der Waals surface area contributed by atoms with Gasteiger partial charge in [0.1, 0.15) is 5.75 Å². The van der Waals surface area contributed by atoms with E-state index in [9.17, 15) is 4.79 Å². The molecule has 0 radical (unpaired) electrons. The van der Waals surface area contributed by atoms with Crippen LogP contribution < -0.4 is 4.74 Å². The Balaban J connectivity index is 2.00. The van der Waals surface area contributed by atoms with Crippen LogP contribution in [-0.4, -0.2) is 22.1 Å². The lowest BCUT2D eigenvalue weighted by atomic mass is 10.0. The Morgan fingerprint density at radius 2 is 2.00 bits per heavy atom. The van der Waals surface area contributed by atoms with E-state index in [2.05, 4.69) is 54.7 Å². The molecule has 0 fully saturated rings. The van der Waals surface area contributed by atoms with Crippen molar-refractivity contribution in [3.8, 4) is 5.75 Å². The summed E-state index contributed by atoms with van der Waals surface area (Å²) < 4.78 is 9.47. The van der Waals surface area contributed by atoms with Gasteiger partial charge in [-0.25, -0.2) is 0 Å². The van der Waals surface area contributed by atoms with Crippen LogP contribution in [0.25, 0.3) is 5.52 Å². The topological polar surface area (TPSA) is 30.7 Å². The number of pyridine rings is 1. The number of rotatable bonds is 7. The fraction of sp³-hybridized carbons (Fsp3) is 0.250. The third kappa shape index (κ3) is 3.78. The van der Waals surface area contributed by atoms with Gasteiger partial charge in [-0.15, -0.1) is 0 Å². The van der Waals surface area contributed by atoms with E-state index >= 15 is 0 Å². The molecular weight excluding hydrogens is 526 g/mol. The smallest absolute Gasteiger partial charge is 0.210 e. The quantitative estimate of drug-likeness (QED) is 0.195. The Bertz CT molecular complexity index is 950. The summed E-state index contributed by atoms with van der Waals surface area (Å²) in [6, 6.07) is 11.4. The van der Waals surface area contributed by atoms with E-state index in [1.807, 2.05) is 47.0 Å². The van der Waals surface area contributed by atoms with Gasteiger partial charge in [0.05, 0.1) is 22.3 Å². The molecule has 0 saturated heterocycles. The van der Waals surface area contributed by atoms with Gasteiger partial charge < -0.3 is 9.14 Å². The summed E-state index contributed by atoms with van der Waals surface area (Å²) in [5.74, 6) is 0.751. The average molecular weight is 544 g/mol. The lowest BCUT2D eigenvalue weighted by Gasteiger charge is -2.10. The van der Waals surface area contributed by atoms with Crippen LogP contribution in [0, 0.1) is 0 Å². The van der Waals surface area contributed by atoms with Crippen molar-refractivity contribution in [3.05, 3.63) is 68.4 Å². The summed E-state index contributed by atoms with van der Waals surface area (Å²) in [5.41, 5.74) is 3.36. The summed E-state index contributed by atoms with van der Waals surface area (Å²) in [7, 11) is 0. The first-order chi connectivity index (χ1) is 12.6. The molecule has 0 saturated carbocycles. The van der Waals surface area contributed by atoms with E-state index < -0.39 is 0 Å². The second-order valence-corrected chi connectivity index (χ2v) is 8.26. The minimum Gasteiger partial charge on any atom is -0.492 e. The molecule has 0 amide bonds. The number of aromatic nitrogens is 1. The zero-order valence-corrected chi connectivity index (χ0v) is 19.0. The summed E-state index contributed by atoms with van der Waals surface area (Å²) in [6.45, 7) is 2.69. The van der Waals surface area contributed by atoms with Crippen molar-refractivity contribution < 1.29 is 9.53 Å². The van der Waals surface area contributed by atoms with Gasteiger partial charge in [-0.2, -0.15) is 0 Å². The highest BCUT2D eigenvalue weighted by Gasteiger charge is 2.22. The third-order valence-corrected chi connectivity index (χ3v) is 6.24. The highest BCUT2D eigenvalue weighted by atomic mass is 79.9. The fourth-order valence-electron chi connectivity index (χ4n) is 2.92. The number of carbonyl (C=O) groups excluding carboxylic acids is 1. The minimum absolute atomic E-state index is 0.00135. The van der Waals surface area contributed by atoms with Gasteiger partial charge in [0.15, 0.2) is 0 Å². The predicted molar refractivity (Wildman–Crippen MR) is 116 cm³/mol. The van der Waals surface area contributed by atoms with Crippen LogP contribution in [0.3, 0.4) is 0 Å². The maximum Gasteiger partial charge on any atom is 0.210 e. The molecule has 3 nitrogen and oxygen atoms in total. The normalized spacial score (nSPS) is 11.1. The number of nitrogens with zero attached hydrogens (tertiary/aromatic N) is 1. The van der Waals surface area contributed by atoms with Crippen LogP contribution >= 0.6 is 47.8 Å². The Morgan fingerprint density at radius 1 is 1.19 bits per heavy atom. The lowest BCUT2D eigenvalue weighted by molar-refractivity contribution is 0.103. The van der Waals surface area contributed by atoms with Gasteiger partial charge >= 0.3 is 0 Å². The molecule has 0 N–H and O–H groups in total. The Labute approximate surface area is 178 Å².